The van der Waals surface area contributed by atoms with E-state index in [2.05, 4.69) is 20.4 Å². The Balaban J connectivity index is 1.92. The molecule has 2 N–H and O–H groups in total. The number of nitrogens with one attached hydrogen (secondary N) is 2. The van der Waals surface area contributed by atoms with E-state index in [4.69, 9.17) is 23.2 Å². The van der Waals surface area contributed by atoms with Gasteiger partial charge in [-0.3, -0.25) is 9.89 Å². The first kappa shape index (κ1) is 14.9. The molecule has 0 aliphatic carbocycles. The van der Waals surface area contributed by atoms with Crippen LogP contribution in [0.3, 0.4) is 0 Å². The average molecular weight is 338 g/mol. The predicted octanol–water partition coefficient (Wildman–Crippen LogP) is 2.95. The summed E-state index contributed by atoms with van der Waals surface area (Å²) in [4.78, 5) is 20.7. The monoisotopic (exact) mass is 337 g/mol. The van der Waals surface area contributed by atoms with Crippen LogP contribution < -0.4 is 10.9 Å². The van der Waals surface area contributed by atoms with Crippen molar-refractivity contribution < 1.29 is 0 Å². The molecule has 0 aliphatic rings. The molecule has 2 aromatic heterocycles. The minimum atomic E-state index is -0.168. The van der Waals surface area contributed by atoms with E-state index in [1.165, 1.54) is 4.52 Å². The molecule has 0 amide bonds. The lowest BCUT2D eigenvalue weighted by molar-refractivity contribution is 0.870. The number of benzene rings is 1. The fraction of sp³-hybridized carbons (Fsp3) is 0.214. The van der Waals surface area contributed by atoms with Gasteiger partial charge in [-0.05, 0) is 26.0 Å². The molecule has 8 heteroatoms. The third kappa shape index (κ3) is 2.55. The molecule has 114 valence electrons. The first-order chi connectivity index (χ1) is 10.5. The SMILES string of the molecule is Cc1nc2nc(NCc3c(Cl)cccc3Cl)[nH]n2c(=O)c1C. The summed E-state index contributed by atoms with van der Waals surface area (Å²) >= 11 is 12.2. The second kappa shape index (κ2) is 5.62. The van der Waals surface area contributed by atoms with Crippen molar-refractivity contribution >= 4 is 34.9 Å². The van der Waals surface area contributed by atoms with Gasteiger partial charge in [0.25, 0.3) is 11.3 Å². The van der Waals surface area contributed by atoms with E-state index in [9.17, 15) is 4.79 Å². The number of halogens is 2. The second-order valence-corrected chi connectivity index (χ2v) is 5.70. The fourth-order valence-corrected chi connectivity index (χ4v) is 2.59. The lowest BCUT2D eigenvalue weighted by atomic mass is 10.2. The first-order valence-corrected chi connectivity index (χ1v) is 7.35. The van der Waals surface area contributed by atoms with Gasteiger partial charge in [-0.1, -0.05) is 29.3 Å². The first-order valence-electron chi connectivity index (χ1n) is 6.60. The molecule has 3 rings (SSSR count). The van der Waals surface area contributed by atoms with Gasteiger partial charge in [-0.2, -0.15) is 9.50 Å². The van der Waals surface area contributed by atoms with Crippen LogP contribution in [-0.2, 0) is 6.54 Å². The maximum Gasteiger partial charge on any atom is 0.277 e. The van der Waals surface area contributed by atoms with E-state index >= 15 is 0 Å². The van der Waals surface area contributed by atoms with E-state index < -0.39 is 0 Å². The van der Waals surface area contributed by atoms with Gasteiger partial charge < -0.3 is 5.32 Å². The number of hydrogen-bond acceptors (Lipinski definition) is 4. The molecule has 0 fully saturated rings. The molecule has 0 saturated carbocycles. The summed E-state index contributed by atoms with van der Waals surface area (Å²) in [5.74, 6) is 0.742. The molecule has 22 heavy (non-hydrogen) atoms. The maximum atomic E-state index is 12.1. The van der Waals surface area contributed by atoms with E-state index in [-0.39, 0.29) is 5.56 Å². The highest BCUT2D eigenvalue weighted by Crippen LogP contribution is 2.24. The van der Waals surface area contributed by atoms with Gasteiger partial charge in [0, 0.05) is 33.4 Å². The van der Waals surface area contributed by atoms with Crippen molar-refractivity contribution in [1.29, 1.82) is 0 Å². The number of H-pyrrole nitrogens is 1. The van der Waals surface area contributed by atoms with Crippen LogP contribution in [0.15, 0.2) is 23.0 Å². The summed E-state index contributed by atoms with van der Waals surface area (Å²) in [5.41, 5.74) is 1.84. The molecular formula is C14H13Cl2N5O. The molecular weight excluding hydrogens is 325 g/mol. The Morgan fingerprint density at radius 2 is 1.91 bits per heavy atom. The number of aromatic nitrogens is 4. The minimum absolute atomic E-state index is 0.168. The number of rotatable bonds is 3. The number of anilines is 1. The van der Waals surface area contributed by atoms with Crippen molar-refractivity contribution in [3.63, 3.8) is 0 Å². The molecule has 2 heterocycles. The molecule has 0 saturated heterocycles. The largest absolute Gasteiger partial charge is 0.350 e. The van der Waals surface area contributed by atoms with Crippen molar-refractivity contribution in [2.24, 2.45) is 0 Å². The van der Waals surface area contributed by atoms with Crippen molar-refractivity contribution in [3.8, 4) is 0 Å². The van der Waals surface area contributed by atoms with Crippen LogP contribution in [-0.4, -0.2) is 19.6 Å². The summed E-state index contributed by atoms with van der Waals surface area (Å²) in [6.07, 6.45) is 0. The summed E-state index contributed by atoms with van der Waals surface area (Å²) in [5, 5.41) is 7.07. The molecule has 0 radical (unpaired) electrons. The third-order valence-corrected chi connectivity index (χ3v) is 4.17. The van der Waals surface area contributed by atoms with Crippen LogP contribution in [0.25, 0.3) is 5.78 Å². The van der Waals surface area contributed by atoms with Gasteiger partial charge in [0.05, 0.1) is 0 Å². The van der Waals surface area contributed by atoms with Gasteiger partial charge in [0.2, 0.25) is 5.95 Å². The molecule has 0 unspecified atom stereocenters. The third-order valence-electron chi connectivity index (χ3n) is 3.46. The normalized spacial score (nSPS) is 11.1. The molecule has 6 nitrogen and oxygen atoms in total. The Morgan fingerprint density at radius 3 is 2.59 bits per heavy atom. The molecule has 0 aliphatic heterocycles. The van der Waals surface area contributed by atoms with Crippen LogP contribution in [0.5, 0.6) is 0 Å². The van der Waals surface area contributed by atoms with Crippen molar-refractivity contribution in [2.45, 2.75) is 20.4 Å². The number of fused-ring (bicyclic) bond motifs is 1. The van der Waals surface area contributed by atoms with Crippen molar-refractivity contribution in [2.75, 3.05) is 5.32 Å². The Labute approximate surface area is 136 Å². The van der Waals surface area contributed by atoms with E-state index in [1.807, 2.05) is 0 Å². The molecule has 0 bridgehead atoms. The highest BCUT2D eigenvalue weighted by atomic mass is 35.5. The van der Waals surface area contributed by atoms with E-state index in [0.29, 0.717) is 39.6 Å². The summed E-state index contributed by atoms with van der Waals surface area (Å²) in [6.45, 7) is 3.89. The Hall–Kier alpha value is -2.05. The van der Waals surface area contributed by atoms with Crippen LogP contribution in [0.2, 0.25) is 10.0 Å². The molecule has 0 spiro atoms. The van der Waals surface area contributed by atoms with E-state index in [0.717, 1.165) is 5.56 Å². The summed E-state index contributed by atoms with van der Waals surface area (Å²) < 4.78 is 1.30. The molecule has 3 aromatic rings. The lowest BCUT2D eigenvalue weighted by Crippen LogP contribution is -2.19. The fourth-order valence-electron chi connectivity index (χ4n) is 2.06. The average Bonchev–Trinajstić information content (AvgIpc) is 2.87. The van der Waals surface area contributed by atoms with Crippen molar-refractivity contribution in [1.82, 2.24) is 19.6 Å². The topological polar surface area (TPSA) is 75.1 Å². The van der Waals surface area contributed by atoms with Gasteiger partial charge >= 0.3 is 0 Å². The standard InChI is InChI=1S/C14H13Cl2N5O/c1-7-8(2)18-14-19-13(20-21(14)12(7)22)17-6-9-10(15)4-3-5-11(9)16/h3-5H,6H2,1-2H3,(H2,17,18,19,20). The predicted molar refractivity (Wildman–Crippen MR) is 86.9 cm³/mol. The number of hydrogen-bond donors (Lipinski definition) is 2. The second-order valence-electron chi connectivity index (χ2n) is 4.89. The summed E-state index contributed by atoms with van der Waals surface area (Å²) in [7, 11) is 0. The Morgan fingerprint density at radius 1 is 1.23 bits per heavy atom. The highest BCUT2D eigenvalue weighted by molar-refractivity contribution is 6.36. The molecule has 1 aromatic carbocycles. The lowest BCUT2D eigenvalue weighted by Gasteiger charge is -2.07. The Kier molecular flexibility index (Phi) is 3.80. The smallest absolute Gasteiger partial charge is 0.277 e. The number of aryl methyl sites for hydroxylation is 1. The molecule has 0 atom stereocenters. The zero-order valence-corrected chi connectivity index (χ0v) is 13.5. The maximum absolute atomic E-state index is 12.1. The van der Waals surface area contributed by atoms with Gasteiger partial charge in [-0.15, -0.1) is 0 Å². The van der Waals surface area contributed by atoms with E-state index in [1.54, 1.807) is 32.0 Å². The van der Waals surface area contributed by atoms with Gasteiger partial charge in [0.15, 0.2) is 0 Å². The van der Waals surface area contributed by atoms with Crippen LogP contribution in [0.4, 0.5) is 5.95 Å². The van der Waals surface area contributed by atoms with Gasteiger partial charge in [-0.25, -0.2) is 4.98 Å². The minimum Gasteiger partial charge on any atom is -0.350 e. The Bertz CT molecular complexity index is 895. The van der Waals surface area contributed by atoms with Crippen LogP contribution in [0.1, 0.15) is 16.8 Å². The van der Waals surface area contributed by atoms with Crippen LogP contribution >= 0.6 is 23.2 Å². The quantitative estimate of drug-likeness (QED) is 0.770. The van der Waals surface area contributed by atoms with Crippen LogP contribution in [0, 0.1) is 13.8 Å². The van der Waals surface area contributed by atoms with Gasteiger partial charge in [0.1, 0.15) is 0 Å². The summed E-state index contributed by atoms with van der Waals surface area (Å²) in [6, 6.07) is 5.31. The van der Waals surface area contributed by atoms with Crippen molar-refractivity contribution in [3.05, 3.63) is 55.4 Å². The number of aromatic amines is 1. The highest BCUT2D eigenvalue weighted by Gasteiger charge is 2.11. The zero-order chi connectivity index (χ0) is 15.9. The zero-order valence-electron chi connectivity index (χ0n) is 11.9. The number of nitrogens with zero attached hydrogens (tertiary/aromatic N) is 3.